The molecule has 124 valence electrons. The van der Waals surface area contributed by atoms with Crippen molar-refractivity contribution >= 4 is 34.2 Å². The summed E-state index contributed by atoms with van der Waals surface area (Å²) in [6.45, 7) is 0. The lowest BCUT2D eigenvalue weighted by atomic mass is 10.1. The highest BCUT2D eigenvalue weighted by Gasteiger charge is 2.20. The molecule has 0 fully saturated rings. The number of non-ortho nitro benzene ring substituents is 1. The van der Waals surface area contributed by atoms with Crippen LogP contribution in [0.15, 0.2) is 54.7 Å². The summed E-state index contributed by atoms with van der Waals surface area (Å²) in [5, 5.41) is 23.4. The van der Waals surface area contributed by atoms with Crippen molar-refractivity contribution in [2.24, 2.45) is 0 Å². The SMILES string of the molecule is O=C(O)c1ccc([N+](=O)[O-])cc1C(=O)Nc1cnc2ccccc2c1. The molecule has 0 bridgehead atoms. The van der Waals surface area contributed by atoms with Crippen LogP contribution in [0.2, 0.25) is 0 Å². The van der Waals surface area contributed by atoms with E-state index in [0.717, 1.165) is 29.1 Å². The number of aromatic nitrogens is 1. The molecule has 1 heterocycles. The second kappa shape index (κ2) is 6.36. The third-order valence-corrected chi connectivity index (χ3v) is 3.54. The molecule has 0 atom stereocenters. The van der Waals surface area contributed by atoms with E-state index in [0.29, 0.717) is 5.69 Å². The Bertz CT molecular complexity index is 1020. The number of nitro groups is 1. The lowest BCUT2D eigenvalue weighted by Gasteiger charge is -2.08. The monoisotopic (exact) mass is 337 g/mol. The Morgan fingerprint density at radius 2 is 1.84 bits per heavy atom. The van der Waals surface area contributed by atoms with Crippen LogP contribution in [0, 0.1) is 10.1 Å². The van der Waals surface area contributed by atoms with E-state index in [2.05, 4.69) is 10.3 Å². The van der Waals surface area contributed by atoms with Gasteiger partial charge >= 0.3 is 5.97 Å². The zero-order chi connectivity index (χ0) is 18.0. The summed E-state index contributed by atoms with van der Waals surface area (Å²) >= 11 is 0. The van der Waals surface area contributed by atoms with Crippen molar-refractivity contribution < 1.29 is 19.6 Å². The molecule has 2 aromatic carbocycles. The first-order valence-corrected chi connectivity index (χ1v) is 7.13. The zero-order valence-electron chi connectivity index (χ0n) is 12.7. The van der Waals surface area contributed by atoms with Gasteiger partial charge in [0.1, 0.15) is 0 Å². The third kappa shape index (κ3) is 3.27. The van der Waals surface area contributed by atoms with Crippen molar-refractivity contribution in [2.45, 2.75) is 0 Å². The van der Waals surface area contributed by atoms with Crippen LogP contribution in [-0.4, -0.2) is 26.9 Å². The first-order valence-electron chi connectivity index (χ1n) is 7.13. The van der Waals surface area contributed by atoms with Gasteiger partial charge in [0.2, 0.25) is 0 Å². The highest BCUT2D eigenvalue weighted by molar-refractivity contribution is 6.11. The minimum absolute atomic E-state index is 0.296. The summed E-state index contributed by atoms with van der Waals surface area (Å²) in [4.78, 5) is 38.1. The number of carboxylic acid groups (broad SMARTS) is 1. The second-order valence-corrected chi connectivity index (χ2v) is 5.16. The molecule has 0 saturated heterocycles. The molecule has 2 N–H and O–H groups in total. The molecule has 0 unspecified atom stereocenters. The van der Waals surface area contributed by atoms with Crippen molar-refractivity contribution in [3.05, 3.63) is 76.0 Å². The molecule has 0 aliphatic rings. The molecular formula is C17H11N3O5. The van der Waals surface area contributed by atoms with Gasteiger partial charge in [-0.3, -0.25) is 19.9 Å². The maximum atomic E-state index is 12.4. The summed E-state index contributed by atoms with van der Waals surface area (Å²) in [5.41, 5.74) is 0.104. The standard InChI is InChI=1S/C17H11N3O5/c21-16(14-8-12(20(24)25)5-6-13(14)17(22)23)19-11-7-10-3-1-2-4-15(10)18-9-11/h1-9H,(H,19,21)(H,22,23). The number of amides is 1. The normalized spacial score (nSPS) is 10.4. The van der Waals surface area contributed by atoms with Gasteiger partial charge in [0, 0.05) is 17.5 Å². The fraction of sp³-hybridized carbons (Fsp3) is 0. The summed E-state index contributed by atoms with van der Waals surface area (Å²) in [6, 6.07) is 12.0. The predicted molar refractivity (Wildman–Crippen MR) is 89.8 cm³/mol. The molecule has 8 nitrogen and oxygen atoms in total. The van der Waals surface area contributed by atoms with Crippen molar-refractivity contribution in [2.75, 3.05) is 5.32 Å². The highest BCUT2D eigenvalue weighted by atomic mass is 16.6. The molecule has 1 aromatic heterocycles. The van der Waals surface area contributed by atoms with E-state index < -0.39 is 16.8 Å². The maximum absolute atomic E-state index is 12.4. The molecule has 8 heteroatoms. The molecule has 0 aliphatic carbocycles. The topological polar surface area (TPSA) is 122 Å². The van der Waals surface area contributed by atoms with E-state index in [9.17, 15) is 24.8 Å². The molecule has 0 aliphatic heterocycles. The van der Waals surface area contributed by atoms with E-state index in [1.165, 1.54) is 6.20 Å². The smallest absolute Gasteiger partial charge is 0.336 e. The van der Waals surface area contributed by atoms with Crippen LogP contribution in [0.3, 0.4) is 0 Å². The largest absolute Gasteiger partial charge is 0.478 e. The number of carbonyl (C=O) groups excluding carboxylic acids is 1. The molecule has 0 radical (unpaired) electrons. The average molecular weight is 337 g/mol. The molecule has 3 rings (SSSR count). The highest BCUT2D eigenvalue weighted by Crippen LogP contribution is 2.21. The number of fused-ring (bicyclic) bond motifs is 1. The Hall–Kier alpha value is -3.81. The van der Waals surface area contributed by atoms with Crippen molar-refractivity contribution in [1.82, 2.24) is 4.98 Å². The fourth-order valence-corrected chi connectivity index (χ4v) is 2.36. The first-order chi connectivity index (χ1) is 12.0. The van der Waals surface area contributed by atoms with Gasteiger partial charge in [-0.2, -0.15) is 0 Å². The summed E-state index contributed by atoms with van der Waals surface area (Å²) < 4.78 is 0. The molecule has 0 saturated carbocycles. The van der Waals surface area contributed by atoms with Crippen LogP contribution in [-0.2, 0) is 0 Å². The Balaban J connectivity index is 1.97. The zero-order valence-corrected chi connectivity index (χ0v) is 12.7. The van der Waals surface area contributed by atoms with Gasteiger partial charge in [-0.25, -0.2) is 4.79 Å². The number of hydrogen-bond donors (Lipinski definition) is 2. The van der Waals surface area contributed by atoms with Crippen LogP contribution >= 0.6 is 0 Å². The minimum Gasteiger partial charge on any atom is -0.478 e. The molecular weight excluding hydrogens is 326 g/mol. The number of hydrogen-bond acceptors (Lipinski definition) is 5. The lowest BCUT2D eigenvalue weighted by Crippen LogP contribution is -2.17. The van der Waals surface area contributed by atoms with E-state index >= 15 is 0 Å². The van der Waals surface area contributed by atoms with Crippen molar-refractivity contribution in [3.8, 4) is 0 Å². The average Bonchev–Trinajstić information content (AvgIpc) is 2.60. The van der Waals surface area contributed by atoms with Crippen LogP contribution in [0.1, 0.15) is 20.7 Å². The van der Waals surface area contributed by atoms with Gasteiger partial charge in [-0.15, -0.1) is 0 Å². The van der Waals surface area contributed by atoms with Crippen molar-refractivity contribution in [3.63, 3.8) is 0 Å². The summed E-state index contributed by atoms with van der Waals surface area (Å²) in [7, 11) is 0. The van der Waals surface area contributed by atoms with Gasteiger partial charge in [-0.05, 0) is 18.2 Å². The van der Waals surface area contributed by atoms with Gasteiger partial charge < -0.3 is 10.4 Å². The number of aromatic carboxylic acids is 1. The Kier molecular flexibility index (Phi) is 4.09. The van der Waals surface area contributed by atoms with Gasteiger partial charge in [0.15, 0.2) is 0 Å². The van der Waals surface area contributed by atoms with Crippen LogP contribution in [0.25, 0.3) is 10.9 Å². The molecule has 25 heavy (non-hydrogen) atoms. The number of anilines is 1. The van der Waals surface area contributed by atoms with Crippen LogP contribution < -0.4 is 5.32 Å². The van der Waals surface area contributed by atoms with Gasteiger partial charge in [-0.1, -0.05) is 18.2 Å². The first kappa shape index (κ1) is 16.1. The number of rotatable bonds is 4. The summed E-state index contributed by atoms with van der Waals surface area (Å²) in [6.07, 6.45) is 1.43. The number of benzene rings is 2. The molecule has 0 spiro atoms. The van der Waals surface area contributed by atoms with E-state index in [1.807, 2.05) is 24.3 Å². The molecule has 3 aromatic rings. The number of nitrogens with one attached hydrogen (secondary N) is 1. The number of carbonyl (C=O) groups is 2. The number of para-hydroxylation sites is 1. The number of carboxylic acids is 1. The van der Waals surface area contributed by atoms with Gasteiger partial charge in [0.05, 0.1) is 33.5 Å². The number of nitro benzene ring substituents is 1. The third-order valence-electron chi connectivity index (χ3n) is 3.54. The quantitative estimate of drug-likeness (QED) is 0.557. The van der Waals surface area contributed by atoms with Crippen LogP contribution in [0.4, 0.5) is 11.4 Å². The lowest BCUT2D eigenvalue weighted by molar-refractivity contribution is -0.384. The molecule has 1 amide bonds. The maximum Gasteiger partial charge on any atom is 0.336 e. The van der Waals surface area contributed by atoms with E-state index in [4.69, 9.17) is 0 Å². The minimum atomic E-state index is -1.35. The summed E-state index contributed by atoms with van der Waals surface area (Å²) in [5.74, 6) is -2.12. The Morgan fingerprint density at radius 1 is 1.08 bits per heavy atom. The van der Waals surface area contributed by atoms with Gasteiger partial charge in [0.25, 0.3) is 11.6 Å². The number of pyridine rings is 1. The predicted octanol–water partition coefficient (Wildman–Crippen LogP) is 3.09. The van der Waals surface area contributed by atoms with E-state index in [1.54, 1.807) is 6.07 Å². The second-order valence-electron chi connectivity index (χ2n) is 5.16. The number of nitrogens with zero attached hydrogens (tertiary/aromatic N) is 2. The van der Waals surface area contributed by atoms with Crippen molar-refractivity contribution in [1.29, 1.82) is 0 Å². The Labute approximate surface area is 140 Å². The fourth-order valence-electron chi connectivity index (χ4n) is 2.36. The van der Waals surface area contributed by atoms with E-state index in [-0.39, 0.29) is 16.8 Å². The Morgan fingerprint density at radius 3 is 2.56 bits per heavy atom. The van der Waals surface area contributed by atoms with Crippen LogP contribution in [0.5, 0.6) is 0 Å².